The molecule has 0 fully saturated rings. The van der Waals surface area contributed by atoms with Crippen LogP contribution in [0.15, 0.2) is 43.0 Å². The molecule has 22 heavy (non-hydrogen) atoms. The Hall–Kier alpha value is -1.66. The lowest BCUT2D eigenvalue weighted by Crippen LogP contribution is -2.30. The Morgan fingerprint density at radius 1 is 1.18 bits per heavy atom. The molecule has 0 aliphatic heterocycles. The predicted octanol–water partition coefficient (Wildman–Crippen LogP) is 3.16. The van der Waals surface area contributed by atoms with Gasteiger partial charge in [0.05, 0.1) is 5.75 Å². The van der Waals surface area contributed by atoms with Crippen molar-refractivity contribution >= 4 is 16.0 Å². The molecule has 0 radical (unpaired) electrons. The van der Waals surface area contributed by atoms with Crippen LogP contribution in [0.3, 0.4) is 0 Å². The van der Waals surface area contributed by atoms with Crippen molar-refractivity contribution in [2.75, 3.05) is 12.8 Å². The number of carbonyl (C=O) groups excluding carboxylic acids is 1. The SMILES string of the molecule is C=CCCCCCCS(=O)(=O)ON(C)C(=O)c1ccccc1. The molecule has 0 N–H and O–H groups in total. The summed E-state index contributed by atoms with van der Waals surface area (Å²) in [5.41, 5.74) is 0.379. The van der Waals surface area contributed by atoms with Crippen LogP contribution in [0, 0.1) is 0 Å². The number of unbranched alkanes of at least 4 members (excludes halogenated alkanes) is 4. The number of nitrogens with zero attached hydrogens (tertiary/aromatic N) is 1. The fourth-order valence-corrected chi connectivity index (χ4v) is 2.97. The van der Waals surface area contributed by atoms with Gasteiger partial charge < -0.3 is 0 Å². The number of hydrogen-bond acceptors (Lipinski definition) is 4. The summed E-state index contributed by atoms with van der Waals surface area (Å²) in [5.74, 6) is -0.580. The minimum Gasteiger partial charge on any atom is -0.267 e. The summed E-state index contributed by atoms with van der Waals surface area (Å²) < 4.78 is 28.5. The van der Waals surface area contributed by atoms with E-state index < -0.39 is 16.0 Å². The van der Waals surface area contributed by atoms with E-state index in [1.54, 1.807) is 30.3 Å². The smallest absolute Gasteiger partial charge is 0.267 e. The van der Waals surface area contributed by atoms with Gasteiger partial charge in [0.15, 0.2) is 0 Å². The van der Waals surface area contributed by atoms with Crippen LogP contribution in [0.5, 0.6) is 0 Å². The summed E-state index contributed by atoms with van der Waals surface area (Å²) in [7, 11) is -2.44. The lowest BCUT2D eigenvalue weighted by Gasteiger charge is -2.16. The van der Waals surface area contributed by atoms with E-state index in [0.29, 0.717) is 12.0 Å². The maximum Gasteiger partial charge on any atom is 0.288 e. The Kier molecular flexibility index (Phi) is 7.84. The van der Waals surface area contributed by atoms with E-state index >= 15 is 0 Å². The van der Waals surface area contributed by atoms with E-state index in [1.165, 1.54) is 7.05 Å². The third-order valence-corrected chi connectivity index (χ3v) is 4.32. The van der Waals surface area contributed by atoms with Crippen LogP contribution in [0.25, 0.3) is 0 Å². The molecule has 0 bridgehead atoms. The van der Waals surface area contributed by atoms with Crippen LogP contribution < -0.4 is 0 Å². The second kappa shape index (κ2) is 9.38. The molecule has 1 rings (SSSR count). The van der Waals surface area contributed by atoms with Crippen LogP contribution in [0.1, 0.15) is 42.5 Å². The second-order valence-corrected chi connectivity index (χ2v) is 6.67. The summed E-state index contributed by atoms with van der Waals surface area (Å²) in [4.78, 5) is 12.0. The van der Waals surface area contributed by atoms with E-state index in [4.69, 9.17) is 4.28 Å². The first-order valence-electron chi connectivity index (χ1n) is 7.32. The van der Waals surface area contributed by atoms with Gasteiger partial charge >= 0.3 is 0 Å². The van der Waals surface area contributed by atoms with Gasteiger partial charge in [-0.2, -0.15) is 8.42 Å². The fraction of sp³-hybridized carbons (Fsp3) is 0.438. The standard InChI is InChI=1S/C16H23NO4S/c1-3-4-5-6-7-11-14-22(19,20)21-17(2)16(18)15-12-9-8-10-13-15/h3,8-10,12-13H,1,4-7,11,14H2,2H3. The number of allylic oxidation sites excluding steroid dienone is 1. The molecule has 0 unspecified atom stereocenters. The van der Waals surface area contributed by atoms with E-state index in [0.717, 1.165) is 30.7 Å². The van der Waals surface area contributed by atoms with Gasteiger partial charge in [-0.05, 0) is 31.4 Å². The first-order chi connectivity index (χ1) is 10.5. The lowest BCUT2D eigenvalue weighted by atomic mass is 10.2. The third kappa shape index (κ3) is 6.87. The fourth-order valence-electron chi connectivity index (χ4n) is 1.93. The molecule has 0 saturated carbocycles. The first kappa shape index (κ1) is 18.4. The third-order valence-electron chi connectivity index (χ3n) is 3.08. The number of benzene rings is 1. The van der Waals surface area contributed by atoms with Gasteiger partial charge in [-0.25, -0.2) is 5.06 Å². The Morgan fingerprint density at radius 2 is 1.82 bits per heavy atom. The zero-order chi connectivity index (χ0) is 16.4. The monoisotopic (exact) mass is 325 g/mol. The van der Waals surface area contributed by atoms with Gasteiger partial charge in [-0.15, -0.1) is 10.9 Å². The first-order valence-corrected chi connectivity index (χ1v) is 8.90. The zero-order valence-electron chi connectivity index (χ0n) is 12.9. The van der Waals surface area contributed by atoms with Gasteiger partial charge in [-0.1, -0.05) is 37.1 Å². The predicted molar refractivity (Wildman–Crippen MR) is 86.7 cm³/mol. The van der Waals surface area contributed by atoms with Gasteiger partial charge in [0.25, 0.3) is 16.0 Å². The molecule has 122 valence electrons. The van der Waals surface area contributed by atoms with Crippen molar-refractivity contribution < 1.29 is 17.5 Å². The Morgan fingerprint density at radius 3 is 2.45 bits per heavy atom. The van der Waals surface area contributed by atoms with Gasteiger partial charge in [0.2, 0.25) is 0 Å². The van der Waals surface area contributed by atoms with Crippen molar-refractivity contribution in [3.8, 4) is 0 Å². The second-order valence-electron chi connectivity index (χ2n) is 5.00. The number of hydrogen-bond donors (Lipinski definition) is 0. The van der Waals surface area contributed by atoms with Crippen molar-refractivity contribution in [1.29, 1.82) is 0 Å². The van der Waals surface area contributed by atoms with Crippen LogP contribution in [-0.4, -0.2) is 32.2 Å². The molecule has 0 spiro atoms. The molecule has 0 aliphatic rings. The Labute approximate surface area is 132 Å². The molecular formula is C16H23NO4S. The summed E-state index contributed by atoms with van der Waals surface area (Å²) in [5, 5.41) is 0.766. The summed E-state index contributed by atoms with van der Waals surface area (Å²) in [6.07, 6.45) is 6.10. The highest BCUT2D eigenvalue weighted by Crippen LogP contribution is 2.09. The Bertz CT molecular complexity index is 569. The van der Waals surface area contributed by atoms with Crippen LogP contribution >= 0.6 is 0 Å². The summed E-state index contributed by atoms with van der Waals surface area (Å²) in [6.45, 7) is 3.64. The van der Waals surface area contributed by atoms with Gasteiger partial charge in [-0.3, -0.25) is 4.79 Å². The molecule has 0 aliphatic carbocycles. The van der Waals surface area contributed by atoms with Gasteiger partial charge in [0, 0.05) is 12.6 Å². The lowest BCUT2D eigenvalue weighted by molar-refractivity contribution is -0.00878. The molecule has 0 aromatic heterocycles. The molecule has 0 saturated heterocycles. The molecule has 0 heterocycles. The molecule has 5 nitrogen and oxygen atoms in total. The largest absolute Gasteiger partial charge is 0.288 e. The normalized spacial score (nSPS) is 11.1. The number of carbonyl (C=O) groups is 1. The highest BCUT2D eigenvalue weighted by atomic mass is 32.2. The highest BCUT2D eigenvalue weighted by Gasteiger charge is 2.20. The van der Waals surface area contributed by atoms with Gasteiger partial charge in [0.1, 0.15) is 0 Å². The van der Waals surface area contributed by atoms with Crippen LogP contribution in [-0.2, 0) is 14.4 Å². The number of rotatable bonds is 10. The quantitative estimate of drug-likeness (QED) is 0.376. The number of hydroxylamine groups is 2. The molecule has 1 aromatic carbocycles. The summed E-state index contributed by atoms with van der Waals surface area (Å²) in [6, 6.07) is 8.40. The topological polar surface area (TPSA) is 63.7 Å². The van der Waals surface area contributed by atoms with E-state index in [-0.39, 0.29) is 5.75 Å². The molecule has 1 aromatic rings. The maximum absolute atomic E-state index is 12.0. The maximum atomic E-state index is 12.0. The molecular weight excluding hydrogens is 302 g/mol. The van der Waals surface area contributed by atoms with Crippen molar-refractivity contribution in [1.82, 2.24) is 5.06 Å². The van der Waals surface area contributed by atoms with Crippen LogP contribution in [0.4, 0.5) is 0 Å². The van der Waals surface area contributed by atoms with E-state index in [1.807, 2.05) is 6.08 Å². The van der Waals surface area contributed by atoms with E-state index in [9.17, 15) is 13.2 Å². The van der Waals surface area contributed by atoms with Crippen molar-refractivity contribution in [3.05, 3.63) is 48.6 Å². The van der Waals surface area contributed by atoms with Crippen LogP contribution in [0.2, 0.25) is 0 Å². The van der Waals surface area contributed by atoms with Crippen molar-refractivity contribution in [2.24, 2.45) is 0 Å². The summed E-state index contributed by atoms with van der Waals surface area (Å²) >= 11 is 0. The zero-order valence-corrected chi connectivity index (χ0v) is 13.7. The molecule has 1 amide bonds. The average molecular weight is 325 g/mol. The molecule has 6 heteroatoms. The minimum atomic E-state index is -3.74. The highest BCUT2D eigenvalue weighted by molar-refractivity contribution is 7.86. The van der Waals surface area contributed by atoms with Crippen molar-refractivity contribution in [2.45, 2.75) is 32.1 Å². The number of amides is 1. The van der Waals surface area contributed by atoms with Crippen molar-refractivity contribution in [3.63, 3.8) is 0 Å². The Balaban J connectivity index is 2.40. The van der Waals surface area contributed by atoms with E-state index in [2.05, 4.69) is 6.58 Å². The minimum absolute atomic E-state index is 0.0898. The average Bonchev–Trinajstić information content (AvgIpc) is 2.50. The molecule has 0 atom stereocenters.